The Hall–Kier alpha value is -4.50. The Labute approximate surface area is 214 Å². The van der Waals surface area contributed by atoms with Crippen molar-refractivity contribution >= 4 is 23.2 Å². The van der Waals surface area contributed by atoms with Crippen LogP contribution in [0.25, 0.3) is 5.57 Å². The molecule has 194 valence electrons. The van der Waals surface area contributed by atoms with Crippen LogP contribution >= 0.6 is 0 Å². The van der Waals surface area contributed by atoms with Crippen LogP contribution in [0.5, 0.6) is 0 Å². The minimum Gasteiger partial charge on any atom is -0.460 e. The number of carbonyl (C=O) groups is 2. The molecule has 0 spiro atoms. The van der Waals surface area contributed by atoms with E-state index in [9.17, 15) is 14.9 Å². The van der Waals surface area contributed by atoms with Gasteiger partial charge in [-0.3, -0.25) is 0 Å². The lowest BCUT2D eigenvalue weighted by molar-refractivity contribution is -0.143. The van der Waals surface area contributed by atoms with Gasteiger partial charge in [0.15, 0.2) is 0 Å². The van der Waals surface area contributed by atoms with Crippen molar-refractivity contribution in [3.05, 3.63) is 64.4 Å². The van der Waals surface area contributed by atoms with Crippen LogP contribution in [0.2, 0.25) is 0 Å². The van der Waals surface area contributed by atoms with Crippen molar-refractivity contribution < 1.29 is 23.8 Å². The lowest BCUT2D eigenvalue weighted by Crippen LogP contribution is -2.33. The molecule has 0 saturated heterocycles. The van der Waals surface area contributed by atoms with Crippen molar-refractivity contribution in [1.29, 1.82) is 5.26 Å². The number of anilines is 1. The van der Waals surface area contributed by atoms with Crippen LogP contribution in [0.1, 0.15) is 45.0 Å². The zero-order valence-corrected chi connectivity index (χ0v) is 21.3. The van der Waals surface area contributed by atoms with Gasteiger partial charge < -0.3 is 24.8 Å². The molecular weight excluding hydrogens is 478 g/mol. The van der Waals surface area contributed by atoms with Crippen LogP contribution in [-0.4, -0.2) is 59.0 Å². The Balaban J connectivity index is 2.04. The van der Waals surface area contributed by atoms with E-state index in [4.69, 9.17) is 14.2 Å². The van der Waals surface area contributed by atoms with Gasteiger partial charge in [-0.05, 0) is 50.6 Å². The fourth-order valence-electron chi connectivity index (χ4n) is 3.83. The van der Waals surface area contributed by atoms with Crippen LogP contribution in [0.3, 0.4) is 0 Å². The van der Waals surface area contributed by atoms with Gasteiger partial charge in [0.1, 0.15) is 18.2 Å². The largest absolute Gasteiger partial charge is 0.460 e. The van der Waals surface area contributed by atoms with E-state index >= 15 is 0 Å². The number of nitrogens with one attached hydrogen (secondary N) is 3. The summed E-state index contributed by atoms with van der Waals surface area (Å²) in [6.07, 6.45) is 1.09. The van der Waals surface area contributed by atoms with Gasteiger partial charge in [0.05, 0.1) is 29.8 Å². The number of carbonyl (C=O) groups excluding carboxylic acids is 2. The molecule has 1 aliphatic rings. The summed E-state index contributed by atoms with van der Waals surface area (Å²) in [4.78, 5) is 26.4. The van der Waals surface area contributed by atoms with Crippen LogP contribution in [0.15, 0.2) is 53.0 Å². The molecule has 0 fully saturated rings. The van der Waals surface area contributed by atoms with E-state index in [-0.39, 0.29) is 36.3 Å². The van der Waals surface area contributed by atoms with Crippen molar-refractivity contribution in [2.75, 3.05) is 25.6 Å². The van der Waals surface area contributed by atoms with Crippen LogP contribution in [0.4, 0.5) is 5.69 Å². The van der Waals surface area contributed by atoms with E-state index in [1.165, 1.54) is 13.3 Å². The highest BCUT2D eigenvalue weighted by molar-refractivity contribution is 6.00. The van der Waals surface area contributed by atoms with Crippen LogP contribution in [0, 0.1) is 11.3 Å². The fraction of sp³-hybridized carbons (Fsp3) is 0.360. The molecule has 3 rings (SSSR count). The molecule has 12 heteroatoms. The first kappa shape index (κ1) is 27.1. The highest BCUT2D eigenvalue weighted by Gasteiger charge is 2.38. The molecule has 0 radical (unpaired) electrons. The van der Waals surface area contributed by atoms with Gasteiger partial charge in [0, 0.05) is 30.4 Å². The summed E-state index contributed by atoms with van der Waals surface area (Å²) < 4.78 is 15.9. The average Bonchev–Trinajstić information content (AvgIpc) is 3.38. The zero-order chi connectivity index (χ0) is 26.9. The number of hydrogen-bond donors (Lipinski definition) is 3. The Morgan fingerprint density at radius 2 is 1.92 bits per heavy atom. The number of benzene rings is 1. The lowest BCUT2D eigenvalue weighted by atomic mass is 9.80. The summed E-state index contributed by atoms with van der Waals surface area (Å²) >= 11 is 0. The maximum absolute atomic E-state index is 13.2. The molecule has 1 aromatic heterocycles. The number of aromatic nitrogens is 4. The van der Waals surface area contributed by atoms with E-state index in [0.29, 0.717) is 28.2 Å². The molecule has 1 aliphatic heterocycles. The highest BCUT2D eigenvalue weighted by atomic mass is 16.6. The van der Waals surface area contributed by atoms with E-state index in [2.05, 4.69) is 31.3 Å². The number of aromatic amines is 1. The molecule has 37 heavy (non-hydrogen) atoms. The third-order valence-corrected chi connectivity index (χ3v) is 5.37. The predicted molar refractivity (Wildman–Crippen MR) is 133 cm³/mol. The Bertz CT molecular complexity index is 1270. The number of dihydropyridines is 1. The molecule has 1 unspecified atom stereocenters. The van der Waals surface area contributed by atoms with E-state index in [0.717, 1.165) is 0 Å². The first-order chi connectivity index (χ1) is 17.8. The molecule has 1 atom stereocenters. The number of tetrazole rings is 1. The molecule has 2 aromatic rings. The SMILES string of the molecule is COCCOC(=O)C1=C(C)NC(C)=C(C(=O)OC(C)C)C1c1cccc(NC=C(C#N)c2nn[nH]n2)c1. The maximum Gasteiger partial charge on any atom is 0.337 e. The number of methoxy groups -OCH3 is 1. The quantitative estimate of drug-likeness (QED) is 0.246. The van der Waals surface area contributed by atoms with E-state index in [1.807, 2.05) is 6.07 Å². The number of H-pyrrole nitrogens is 1. The smallest absolute Gasteiger partial charge is 0.337 e. The summed E-state index contributed by atoms with van der Waals surface area (Å²) in [7, 11) is 1.51. The third kappa shape index (κ3) is 6.59. The summed E-state index contributed by atoms with van der Waals surface area (Å²) in [5.41, 5.74) is 3.13. The van der Waals surface area contributed by atoms with Gasteiger partial charge >= 0.3 is 11.9 Å². The molecule has 3 N–H and O–H groups in total. The fourth-order valence-corrected chi connectivity index (χ4v) is 3.83. The van der Waals surface area contributed by atoms with Crippen molar-refractivity contribution in [3.63, 3.8) is 0 Å². The average molecular weight is 508 g/mol. The Kier molecular flexibility index (Phi) is 9.12. The summed E-state index contributed by atoms with van der Waals surface area (Å²) in [5.74, 6) is -1.74. The molecule has 0 amide bonds. The minimum absolute atomic E-state index is 0.0622. The van der Waals surface area contributed by atoms with Gasteiger partial charge in [-0.2, -0.15) is 10.5 Å². The molecule has 1 aromatic carbocycles. The maximum atomic E-state index is 13.2. The van der Waals surface area contributed by atoms with Gasteiger partial charge in [0.25, 0.3) is 0 Å². The molecular formula is C25H29N7O5. The predicted octanol–water partition coefficient (Wildman–Crippen LogP) is 2.55. The Morgan fingerprint density at radius 3 is 2.54 bits per heavy atom. The number of hydrogen-bond acceptors (Lipinski definition) is 11. The summed E-state index contributed by atoms with van der Waals surface area (Å²) in [6, 6.07) is 9.15. The first-order valence-electron chi connectivity index (χ1n) is 11.5. The molecule has 0 saturated carbocycles. The molecule has 0 aliphatic carbocycles. The number of allylic oxidation sites excluding steroid dienone is 3. The number of nitriles is 1. The topological polar surface area (TPSA) is 164 Å². The molecule has 0 bridgehead atoms. The summed E-state index contributed by atoms with van der Waals surface area (Å²) in [6.45, 7) is 7.33. The second kappa shape index (κ2) is 12.5. The zero-order valence-electron chi connectivity index (χ0n) is 21.3. The van der Waals surface area contributed by atoms with E-state index < -0.39 is 17.9 Å². The standard InChI is InChI=1S/C25H29N7O5/c1-14(2)37-25(34)21-16(4)28-15(3)20(24(33)36-10-9-35-5)22(21)17-7-6-8-19(11-17)27-13-18(12-26)23-29-31-32-30-23/h6-8,11,13-14,22,27-28H,9-10H2,1-5H3,(H,29,30,31,32). The summed E-state index contributed by atoms with van der Waals surface area (Å²) in [5, 5.41) is 29.0. The second-order valence-corrected chi connectivity index (χ2v) is 8.39. The van der Waals surface area contributed by atoms with Gasteiger partial charge in [-0.15, -0.1) is 10.2 Å². The van der Waals surface area contributed by atoms with Crippen molar-refractivity contribution in [1.82, 2.24) is 25.9 Å². The second-order valence-electron chi connectivity index (χ2n) is 8.39. The van der Waals surface area contributed by atoms with Crippen LogP contribution < -0.4 is 10.6 Å². The highest BCUT2D eigenvalue weighted by Crippen LogP contribution is 2.40. The molecule has 2 heterocycles. The van der Waals surface area contributed by atoms with Crippen LogP contribution in [-0.2, 0) is 23.8 Å². The van der Waals surface area contributed by atoms with Crippen molar-refractivity contribution in [3.8, 4) is 6.07 Å². The monoisotopic (exact) mass is 507 g/mol. The van der Waals surface area contributed by atoms with Gasteiger partial charge in [-0.25, -0.2) is 9.59 Å². The third-order valence-electron chi connectivity index (χ3n) is 5.37. The number of esters is 2. The number of rotatable bonds is 10. The number of nitrogens with zero attached hydrogens (tertiary/aromatic N) is 4. The van der Waals surface area contributed by atoms with Gasteiger partial charge in [-0.1, -0.05) is 12.1 Å². The molecule has 12 nitrogen and oxygen atoms in total. The normalized spacial score (nSPS) is 15.8. The first-order valence-corrected chi connectivity index (χ1v) is 11.5. The lowest BCUT2D eigenvalue weighted by Gasteiger charge is -2.31. The van der Waals surface area contributed by atoms with Crippen molar-refractivity contribution in [2.45, 2.75) is 39.7 Å². The Morgan fingerprint density at radius 1 is 1.19 bits per heavy atom. The minimum atomic E-state index is -0.763. The van der Waals surface area contributed by atoms with Gasteiger partial charge in [0.2, 0.25) is 5.82 Å². The van der Waals surface area contributed by atoms with Crippen molar-refractivity contribution in [2.24, 2.45) is 0 Å². The number of ether oxygens (including phenoxy) is 3. The van der Waals surface area contributed by atoms with E-state index in [1.54, 1.807) is 52.0 Å².